The predicted molar refractivity (Wildman–Crippen MR) is 46.8 cm³/mol. The molecule has 0 aromatic carbocycles. The lowest BCUT2D eigenvalue weighted by Gasteiger charge is -1.97. The Bertz CT molecular complexity index is 164. The summed E-state index contributed by atoms with van der Waals surface area (Å²) in [5.74, 6) is 0. The van der Waals surface area contributed by atoms with E-state index in [-0.39, 0.29) is 0 Å². The summed E-state index contributed by atoms with van der Waals surface area (Å²) in [4.78, 5) is 0. The van der Waals surface area contributed by atoms with E-state index in [0.717, 1.165) is 5.57 Å². The Morgan fingerprint density at radius 1 is 1.50 bits per heavy atom. The van der Waals surface area contributed by atoms with Crippen molar-refractivity contribution in [2.45, 2.75) is 13.8 Å². The van der Waals surface area contributed by atoms with Crippen LogP contribution in [0.15, 0.2) is 36.1 Å². The molecule has 10 heavy (non-hydrogen) atoms. The van der Waals surface area contributed by atoms with E-state index in [2.05, 4.69) is 11.9 Å². The third kappa shape index (κ3) is 3.13. The van der Waals surface area contributed by atoms with E-state index in [0.29, 0.717) is 0 Å². The highest BCUT2D eigenvalue weighted by molar-refractivity contribution is 5.35. The molecular formula is C9H15N. The topological polar surface area (TPSA) is 12.0 Å². The highest BCUT2D eigenvalue weighted by Gasteiger charge is 1.87. The van der Waals surface area contributed by atoms with Crippen LogP contribution in [0.1, 0.15) is 13.8 Å². The maximum atomic E-state index is 3.83. The van der Waals surface area contributed by atoms with E-state index in [1.54, 1.807) is 0 Å². The number of nitrogens with one attached hydrogen (secondary N) is 1. The standard InChI is InChI=1S/C9H15N/c1-5-9(8(2)3)6-7-10-4/h5-7,10H,2H2,1,3-4H3/b7-6-,9-5+. The molecule has 0 spiro atoms. The third-order valence-corrected chi connectivity index (χ3v) is 1.23. The molecule has 0 aromatic rings. The molecule has 1 N–H and O–H groups in total. The molecule has 0 fully saturated rings. The van der Waals surface area contributed by atoms with E-state index < -0.39 is 0 Å². The second-order valence-corrected chi connectivity index (χ2v) is 2.15. The minimum absolute atomic E-state index is 1.09. The molecule has 56 valence electrons. The van der Waals surface area contributed by atoms with Crippen molar-refractivity contribution in [1.82, 2.24) is 5.32 Å². The highest BCUT2D eigenvalue weighted by Crippen LogP contribution is 2.06. The summed E-state index contributed by atoms with van der Waals surface area (Å²) in [5.41, 5.74) is 2.27. The van der Waals surface area contributed by atoms with Gasteiger partial charge in [0.1, 0.15) is 0 Å². The Morgan fingerprint density at radius 3 is 2.40 bits per heavy atom. The summed E-state index contributed by atoms with van der Waals surface area (Å²) in [6.45, 7) is 7.83. The highest BCUT2D eigenvalue weighted by atomic mass is 14.8. The van der Waals surface area contributed by atoms with Gasteiger partial charge in [-0.15, -0.1) is 0 Å². The largest absolute Gasteiger partial charge is 0.394 e. The van der Waals surface area contributed by atoms with Crippen LogP contribution in [0.4, 0.5) is 0 Å². The third-order valence-electron chi connectivity index (χ3n) is 1.23. The van der Waals surface area contributed by atoms with Crippen LogP contribution in [0.2, 0.25) is 0 Å². The van der Waals surface area contributed by atoms with Crippen molar-refractivity contribution >= 4 is 0 Å². The van der Waals surface area contributed by atoms with Crippen molar-refractivity contribution in [3.63, 3.8) is 0 Å². The van der Waals surface area contributed by atoms with Gasteiger partial charge in [0.15, 0.2) is 0 Å². The van der Waals surface area contributed by atoms with Crippen LogP contribution in [0.5, 0.6) is 0 Å². The summed E-state index contributed by atoms with van der Waals surface area (Å²) < 4.78 is 0. The summed E-state index contributed by atoms with van der Waals surface area (Å²) >= 11 is 0. The summed E-state index contributed by atoms with van der Waals surface area (Å²) in [6.07, 6.45) is 5.93. The van der Waals surface area contributed by atoms with Crippen LogP contribution in [0.3, 0.4) is 0 Å². The minimum Gasteiger partial charge on any atom is -0.394 e. The van der Waals surface area contributed by atoms with Gasteiger partial charge in [-0.25, -0.2) is 0 Å². The first-order chi connectivity index (χ1) is 4.72. The first-order valence-electron chi connectivity index (χ1n) is 3.38. The van der Waals surface area contributed by atoms with Gasteiger partial charge in [0.05, 0.1) is 0 Å². The Hall–Kier alpha value is -0.980. The first kappa shape index (κ1) is 9.02. The number of rotatable bonds is 3. The molecule has 0 atom stereocenters. The number of allylic oxidation sites excluding steroid dienone is 4. The fourth-order valence-electron chi connectivity index (χ4n) is 0.658. The molecule has 0 saturated carbocycles. The van der Waals surface area contributed by atoms with E-state index in [4.69, 9.17) is 0 Å². The molecule has 0 unspecified atom stereocenters. The average molecular weight is 137 g/mol. The molecular weight excluding hydrogens is 122 g/mol. The maximum absolute atomic E-state index is 3.83. The van der Waals surface area contributed by atoms with Crippen molar-refractivity contribution in [2.24, 2.45) is 0 Å². The molecule has 0 aliphatic rings. The minimum atomic E-state index is 1.09. The van der Waals surface area contributed by atoms with E-state index in [9.17, 15) is 0 Å². The summed E-state index contributed by atoms with van der Waals surface area (Å²) in [5, 5.41) is 2.92. The van der Waals surface area contributed by atoms with E-state index >= 15 is 0 Å². The van der Waals surface area contributed by atoms with Crippen molar-refractivity contribution < 1.29 is 0 Å². The second-order valence-electron chi connectivity index (χ2n) is 2.15. The van der Waals surface area contributed by atoms with Crippen molar-refractivity contribution in [2.75, 3.05) is 7.05 Å². The van der Waals surface area contributed by atoms with E-state index in [1.165, 1.54) is 5.57 Å². The molecule has 0 aromatic heterocycles. The summed E-state index contributed by atoms with van der Waals surface area (Å²) in [6, 6.07) is 0. The molecule has 0 heterocycles. The van der Waals surface area contributed by atoms with Gasteiger partial charge in [-0.1, -0.05) is 18.2 Å². The monoisotopic (exact) mass is 137 g/mol. The van der Waals surface area contributed by atoms with Gasteiger partial charge < -0.3 is 5.32 Å². The first-order valence-corrected chi connectivity index (χ1v) is 3.38. The molecule has 1 nitrogen and oxygen atoms in total. The Balaban J connectivity index is 4.12. The van der Waals surface area contributed by atoms with Gasteiger partial charge in [0, 0.05) is 7.05 Å². The van der Waals surface area contributed by atoms with Gasteiger partial charge >= 0.3 is 0 Å². The zero-order valence-corrected chi connectivity index (χ0v) is 6.94. The lowest BCUT2D eigenvalue weighted by atomic mass is 10.1. The zero-order valence-electron chi connectivity index (χ0n) is 6.94. The fourth-order valence-corrected chi connectivity index (χ4v) is 0.658. The maximum Gasteiger partial charge on any atom is 0.00277 e. The Kier molecular flexibility index (Phi) is 4.38. The van der Waals surface area contributed by atoms with E-state index in [1.807, 2.05) is 39.2 Å². The van der Waals surface area contributed by atoms with Crippen LogP contribution in [-0.2, 0) is 0 Å². The van der Waals surface area contributed by atoms with Crippen molar-refractivity contribution in [1.29, 1.82) is 0 Å². The lowest BCUT2D eigenvalue weighted by molar-refractivity contribution is 1.10. The van der Waals surface area contributed by atoms with Crippen LogP contribution < -0.4 is 5.32 Å². The van der Waals surface area contributed by atoms with Gasteiger partial charge in [-0.2, -0.15) is 0 Å². The van der Waals surface area contributed by atoms with Crippen molar-refractivity contribution in [3.8, 4) is 0 Å². The Labute approximate surface area is 63.1 Å². The molecule has 0 amide bonds. The smallest absolute Gasteiger partial charge is 0.00277 e. The molecule has 0 rings (SSSR count). The van der Waals surface area contributed by atoms with Crippen LogP contribution in [0, 0.1) is 0 Å². The van der Waals surface area contributed by atoms with Gasteiger partial charge in [0.2, 0.25) is 0 Å². The fraction of sp³-hybridized carbons (Fsp3) is 0.333. The number of hydrogen-bond donors (Lipinski definition) is 1. The van der Waals surface area contributed by atoms with Crippen LogP contribution in [-0.4, -0.2) is 7.05 Å². The normalized spacial score (nSPS) is 12.1. The SMILES string of the molecule is C=C(C)C(/C=C\NC)=C/C. The molecule has 0 bridgehead atoms. The molecule has 0 radical (unpaired) electrons. The summed E-state index contributed by atoms with van der Waals surface area (Å²) in [7, 11) is 1.88. The lowest BCUT2D eigenvalue weighted by Crippen LogP contribution is -1.91. The zero-order chi connectivity index (χ0) is 7.98. The predicted octanol–water partition coefficient (Wildman–Crippen LogP) is 2.24. The van der Waals surface area contributed by atoms with Crippen LogP contribution in [0.25, 0.3) is 0 Å². The Morgan fingerprint density at radius 2 is 2.10 bits per heavy atom. The molecule has 0 aliphatic carbocycles. The molecule has 0 aliphatic heterocycles. The van der Waals surface area contributed by atoms with Gasteiger partial charge in [-0.3, -0.25) is 0 Å². The van der Waals surface area contributed by atoms with Gasteiger partial charge in [0.25, 0.3) is 0 Å². The van der Waals surface area contributed by atoms with Gasteiger partial charge in [-0.05, 0) is 31.7 Å². The molecule has 1 heteroatoms. The number of hydrogen-bond acceptors (Lipinski definition) is 1. The average Bonchev–Trinajstić information content (AvgIpc) is 1.89. The van der Waals surface area contributed by atoms with Crippen molar-refractivity contribution in [3.05, 3.63) is 36.1 Å². The van der Waals surface area contributed by atoms with Crippen LogP contribution >= 0.6 is 0 Å². The molecule has 0 saturated heterocycles. The quantitative estimate of drug-likeness (QED) is 0.588. The second kappa shape index (κ2) is 4.86.